The van der Waals surface area contributed by atoms with Crippen molar-refractivity contribution >= 4 is 23.1 Å². The Balaban J connectivity index is 0.980. The molecule has 0 radical (unpaired) electrons. The molecular formula is C55H57B. The smallest absolute Gasteiger partial charge is 0.0686 e. The average Bonchev–Trinajstić information content (AvgIpc) is 3.38. The molecule has 0 heterocycles. The SMILES string of the molecule is Cc1cc(C)c(B(c2ccc(C34CC5CC(C3)CC(c3ccc(-c6ccc7c(c6)C(C)(C)c6ccccc6-7)cc3)(C5)C4)cc2)c2c(C)cc(C)cc2C)c(C)c1. The van der Waals surface area contributed by atoms with Crippen LogP contribution >= 0.6 is 0 Å². The largest absolute Gasteiger partial charge is 0.242 e. The molecule has 4 saturated carbocycles. The van der Waals surface area contributed by atoms with Gasteiger partial charge in [-0.2, -0.15) is 0 Å². The van der Waals surface area contributed by atoms with Gasteiger partial charge in [0, 0.05) is 5.41 Å². The van der Waals surface area contributed by atoms with Gasteiger partial charge in [-0.3, -0.25) is 0 Å². The number of aryl methyl sites for hydroxylation is 6. The third-order valence-electron chi connectivity index (χ3n) is 15.4. The van der Waals surface area contributed by atoms with E-state index in [-0.39, 0.29) is 23.0 Å². The van der Waals surface area contributed by atoms with Crippen LogP contribution in [0.3, 0.4) is 0 Å². The van der Waals surface area contributed by atoms with E-state index in [1.807, 2.05) is 0 Å². The molecule has 2 atom stereocenters. The average molecular weight is 729 g/mol. The number of rotatable bonds is 6. The Bertz CT molecular complexity index is 2410. The van der Waals surface area contributed by atoms with E-state index in [9.17, 15) is 0 Å². The Morgan fingerprint density at radius 1 is 0.482 bits per heavy atom. The van der Waals surface area contributed by atoms with Crippen molar-refractivity contribution in [2.24, 2.45) is 11.8 Å². The molecule has 0 aromatic heterocycles. The van der Waals surface area contributed by atoms with Crippen LogP contribution in [-0.4, -0.2) is 6.71 Å². The highest BCUT2D eigenvalue weighted by molar-refractivity contribution is 6.96. The van der Waals surface area contributed by atoms with Crippen molar-refractivity contribution in [3.63, 3.8) is 0 Å². The Kier molecular flexibility index (Phi) is 8.11. The van der Waals surface area contributed by atoms with E-state index in [1.165, 1.54) is 122 Å². The van der Waals surface area contributed by atoms with Gasteiger partial charge in [-0.05, 0) is 153 Å². The minimum atomic E-state index is 0.0195. The maximum Gasteiger partial charge on any atom is 0.242 e. The van der Waals surface area contributed by atoms with Crippen LogP contribution in [0.5, 0.6) is 0 Å². The molecule has 0 nitrogen and oxygen atoms in total. The van der Waals surface area contributed by atoms with Gasteiger partial charge in [0.1, 0.15) is 0 Å². The first-order valence-electron chi connectivity index (χ1n) is 21.5. The van der Waals surface area contributed by atoms with Crippen LogP contribution in [0.15, 0.2) is 115 Å². The van der Waals surface area contributed by atoms with Gasteiger partial charge in [-0.1, -0.05) is 173 Å². The van der Waals surface area contributed by atoms with Crippen LogP contribution in [0, 0.1) is 53.4 Å². The monoisotopic (exact) mass is 728 g/mol. The van der Waals surface area contributed by atoms with Crippen LogP contribution in [0.4, 0.5) is 0 Å². The number of fused-ring (bicyclic) bond motifs is 3. The zero-order valence-corrected chi connectivity index (χ0v) is 34.9. The summed E-state index contributed by atoms with van der Waals surface area (Å²) in [5, 5.41) is 0. The summed E-state index contributed by atoms with van der Waals surface area (Å²) >= 11 is 0. The third-order valence-corrected chi connectivity index (χ3v) is 15.4. The number of hydrogen-bond acceptors (Lipinski definition) is 0. The van der Waals surface area contributed by atoms with Crippen molar-refractivity contribution < 1.29 is 0 Å². The molecule has 4 bridgehead atoms. The fourth-order valence-corrected chi connectivity index (χ4v) is 13.6. The van der Waals surface area contributed by atoms with E-state index in [0.717, 1.165) is 11.8 Å². The molecule has 56 heavy (non-hydrogen) atoms. The molecule has 0 N–H and O–H groups in total. The summed E-state index contributed by atoms with van der Waals surface area (Å²) < 4.78 is 0. The molecule has 0 amide bonds. The van der Waals surface area contributed by atoms with Gasteiger partial charge in [-0.25, -0.2) is 0 Å². The molecule has 6 aromatic rings. The molecule has 0 saturated heterocycles. The Morgan fingerprint density at radius 2 is 0.946 bits per heavy atom. The minimum Gasteiger partial charge on any atom is -0.0686 e. The van der Waals surface area contributed by atoms with E-state index in [1.54, 1.807) is 11.1 Å². The lowest BCUT2D eigenvalue weighted by Crippen LogP contribution is -2.57. The molecule has 1 heteroatoms. The second kappa shape index (κ2) is 12.7. The summed E-state index contributed by atoms with van der Waals surface area (Å²) in [7, 11) is 0. The topological polar surface area (TPSA) is 0 Å². The Morgan fingerprint density at radius 3 is 1.48 bits per heavy atom. The predicted octanol–water partition coefficient (Wildman–Crippen LogP) is 11.8. The fourth-order valence-electron chi connectivity index (χ4n) is 13.6. The summed E-state index contributed by atoms with van der Waals surface area (Å²) in [5.41, 5.74) is 24.8. The highest BCUT2D eigenvalue weighted by Gasteiger charge is 2.58. The maximum atomic E-state index is 2.57. The van der Waals surface area contributed by atoms with Crippen molar-refractivity contribution in [1.29, 1.82) is 0 Å². The highest BCUT2D eigenvalue weighted by Crippen LogP contribution is 2.66. The second-order valence-electron chi connectivity index (χ2n) is 19.7. The first kappa shape index (κ1) is 35.8. The molecule has 4 fully saturated rings. The van der Waals surface area contributed by atoms with Crippen molar-refractivity contribution in [2.45, 2.75) is 110 Å². The fraction of sp³-hybridized carbons (Fsp3) is 0.345. The maximum absolute atomic E-state index is 2.57. The third kappa shape index (κ3) is 5.47. The van der Waals surface area contributed by atoms with Crippen LogP contribution < -0.4 is 16.4 Å². The van der Waals surface area contributed by atoms with Gasteiger partial charge in [-0.15, -0.1) is 0 Å². The Labute approximate surface area is 336 Å². The van der Waals surface area contributed by atoms with Crippen molar-refractivity contribution in [3.8, 4) is 22.3 Å². The Hall–Kier alpha value is -4.62. The van der Waals surface area contributed by atoms with E-state index in [0.29, 0.717) is 0 Å². The molecule has 5 aliphatic carbocycles. The quantitative estimate of drug-likeness (QED) is 0.150. The summed E-state index contributed by atoms with van der Waals surface area (Å²) in [4.78, 5) is 0. The summed E-state index contributed by atoms with van der Waals surface area (Å²) in [6, 6.07) is 45.8. The van der Waals surface area contributed by atoms with Crippen molar-refractivity contribution in [2.75, 3.05) is 0 Å². The number of hydrogen-bond donors (Lipinski definition) is 0. The normalized spacial score (nSPS) is 23.9. The van der Waals surface area contributed by atoms with Gasteiger partial charge in [0.15, 0.2) is 0 Å². The molecule has 11 rings (SSSR count). The lowest BCUT2D eigenvalue weighted by atomic mass is 9.34. The van der Waals surface area contributed by atoms with Crippen LogP contribution in [0.2, 0.25) is 0 Å². The van der Waals surface area contributed by atoms with Crippen molar-refractivity contribution in [3.05, 3.63) is 171 Å². The molecule has 5 aliphatic rings. The van der Waals surface area contributed by atoms with E-state index in [4.69, 9.17) is 0 Å². The van der Waals surface area contributed by atoms with Crippen LogP contribution in [0.25, 0.3) is 22.3 Å². The lowest BCUT2D eigenvalue weighted by molar-refractivity contribution is -0.0281. The van der Waals surface area contributed by atoms with Crippen LogP contribution in [-0.2, 0) is 16.2 Å². The van der Waals surface area contributed by atoms with Gasteiger partial charge in [0.05, 0.1) is 0 Å². The number of benzene rings is 6. The van der Waals surface area contributed by atoms with E-state index < -0.39 is 0 Å². The predicted molar refractivity (Wildman–Crippen MR) is 240 cm³/mol. The minimum absolute atomic E-state index is 0.0195. The van der Waals surface area contributed by atoms with Gasteiger partial charge >= 0.3 is 0 Å². The van der Waals surface area contributed by atoms with Gasteiger partial charge < -0.3 is 0 Å². The first-order chi connectivity index (χ1) is 26.8. The summed E-state index contributed by atoms with van der Waals surface area (Å²) in [6.07, 6.45) is 8.12. The molecular weight excluding hydrogens is 671 g/mol. The zero-order chi connectivity index (χ0) is 38.7. The summed E-state index contributed by atoms with van der Waals surface area (Å²) in [6.45, 7) is 18.7. The van der Waals surface area contributed by atoms with E-state index in [2.05, 4.69) is 171 Å². The highest BCUT2D eigenvalue weighted by atomic mass is 14.6. The first-order valence-corrected chi connectivity index (χ1v) is 21.5. The van der Waals surface area contributed by atoms with Crippen LogP contribution in [0.1, 0.15) is 108 Å². The lowest BCUT2D eigenvalue weighted by Gasteiger charge is -2.63. The molecule has 280 valence electrons. The summed E-state index contributed by atoms with van der Waals surface area (Å²) in [5.74, 6) is 1.64. The molecule has 2 unspecified atom stereocenters. The van der Waals surface area contributed by atoms with E-state index >= 15 is 0 Å². The zero-order valence-electron chi connectivity index (χ0n) is 34.9. The molecule has 0 aliphatic heterocycles. The molecule has 0 spiro atoms. The van der Waals surface area contributed by atoms with Gasteiger partial charge in [0.2, 0.25) is 6.71 Å². The second-order valence-corrected chi connectivity index (χ2v) is 19.7. The standard InChI is InChI=1S/C55H57B/c1-34-23-36(3)51(37(4)24-34)56(52-38(5)25-35(2)26-39(52)6)46-20-18-45(19-21-46)55-31-40-27-41(32-55)30-54(29-40,33-55)44-16-13-42(14-17-44)43-15-22-48-47-11-9-10-12-49(47)53(7,8)50(48)28-43/h9-26,28,40-41H,27,29-33H2,1-8H3. The van der Waals surface area contributed by atoms with Gasteiger partial charge in [0.25, 0.3) is 0 Å². The van der Waals surface area contributed by atoms with Crippen molar-refractivity contribution in [1.82, 2.24) is 0 Å². The molecule has 6 aromatic carbocycles.